The number of hydrogen-bond donors (Lipinski definition) is 0. The van der Waals surface area contributed by atoms with E-state index in [2.05, 4.69) is 14.8 Å². The quantitative estimate of drug-likeness (QED) is 0.184. The third kappa shape index (κ3) is 4.61. The van der Waals surface area contributed by atoms with Gasteiger partial charge in [-0.15, -0.1) is 0 Å². The second-order valence-electron chi connectivity index (χ2n) is 1.35. The molecule has 0 aliphatic heterocycles. The first-order chi connectivity index (χ1) is 4.66. The van der Waals surface area contributed by atoms with Gasteiger partial charge in [0.2, 0.25) is 0 Å². The molecule has 0 aliphatic rings. The number of esters is 2. The molecule has 0 aliphatic carbocycles. The van der Waals surface area contributed by atoms with Crippen molar-refractivity contribution in [2.24, 2.45) is 5.11 Å². The number of nitrogens with zero attached hydrogens (tertiary/aromatic N) is 3. The van der Waals surface area contributed by atoms with E-state index >= 15 is 0 Å². The molecule has 0 atom stereocenters. The van der Waals surface area contributed by atoms with E-state index in [0.717, 1.165) is 6.92 Å². The van der Waals surface area contributed by atoms with E-state index in [4.69, 9.17) is 5.53 Å². The number of carbonyl (C=O) groups excluding carboxylic acids is 2. The highest BCUT2D eigenvalue weighted by Gasteiger charge is 2.02. The van der Waals surface area contributed by atoms with Crippen molar-refractivity contribution in [1.29, 1.82) is 0 Å². The van der Waals surface area contributed by atoms with Crippen LogP contribution < -0.4 is 0 Å². The Kier molecular flexibility index (Phi) is 3.67. The molecule has 0 aromatic heterocycles. The maximum absolute atomic E-state index is 10.3. The Morgan fingerprint density at radius 1 is 1.70 bits per heavy atom. The van der Waals surface area contributed by atoms with Crippen molar-refractivity contribution in [1.82, 2.24) is 0 Å². The fourth-order valence-corrected chi connectivity index (χ4v) is 0.282. The smallest absolute Gasteiger partial charge is 0.319 e. The van der Waals surface area contributed by atoms with Gasteiger partial charge in [-0.3, -0.25) is 9.59 Å². The Balaban J connectivity index is 3.64. The van der Waals surface area contributed by atoms with E-state index in [1.54, 1.807) is 0 Å². The second-order valence-corrected chi connectivity index (χ2v) is 1.35. The lowest BCUT2D eigenvalue weighted by atomic mass is 10.7. The van der Waals surface area contributed by atoms with Crippen LogP contribution in [0, 0.1) is 0 Å². The summed E-state index contributed by atoms with van der Waals surface area (Å²) in [5.41, 5.74) is 7.71. The lowest BCUT2D eigenvalue weighted by Crippen LogP contribution is -2.11. The van der Waals surface area contributed by atoms with Gasteiger partial charge >= 0.3 is 11.9 Å². The van der Waals surface area contributed by atoms with Gasteiger partial charge in [0, 0.05) is 11.8 Å². The minimum atomic E-state index is -0.842. The molecule has 0 aromatic carbocycles. The van der Waals surface area contributed by atoms with E-state index in [-0.39, 0.29) is 0 Å². The number of carbonyl (C=O) groups is 2. The second kappa shape index (κ2) is 4.34. The van der Waals surface area contributed by atoms with Gasteiger partial charge in [-0.2, -0.15) is 0 Å². The highest BCUT2D eigenvalue weighted by molar-refractivity contribution is 5.85. The van der Waals surface area contributed by atoms with Crippen LogP contribution in [0.1, 0.15) is 6.92 Å². The maximum atomic E-state index is 10.3. The Labute approximate surface area is 56.4 Å². The van der Waals surface area contributed by atoms with Crippen molar-refractivity contribution in [3.8, 4) is 0 Å². The topological polar surface area (TPSA) is 92.1 Å². The summed E-state index contributed by atoms with van der Waals surface area (Å²) in [4.78, 5) is 22.6. The molecule has 0 bridgehead atoms. The Bertz CT molecular complexity index is 188. The molecular weight excluding hydrogens is 138 g/mol. The summed E-state index contributed by atoms with van der Waals surface area (Å²) in [6, 6.07) is 0. The predicted octanol–water partition coefficient (Wildman–Crippen LogP) is 0.386. The molecule has 0 amide bonds. The van der Waals surface area contributed by atoms with Gasteiger partial charge < -0.3 is 4.74 Å². The van der Waals surface area contributed by atoms with Gasteiger partial charge in [-0.05, 0) is 5.53 Å². The lowest BCUT2D eigenvalue weighted by molar-refractivity contribution is -0.156. The molecule has 0 heterocycles. The SMILES string of the molecule is CC(=O)OC(=O)CN=[N+]=[N-]. The summed E-state index contributed by atoms with van der Waals surface area (Å²) in [5, 5.41) is 2.88. The van der Waals surface area contributed by atoms with Crippen LogP contribution in [0.5, 0.6) is 0 Å². The highest BCUT2D eigenvalue weighted by Crippen LogP contribution is 1.80. The monoisotopic (exact) mass is 143 g/mol. The molecule has 0 saturated heterocycles. The van der Waals surface area contributed by atoms with E-state index in [1.165, 1.54) is 0 Å². The van der Waals surface area contributed by atoms with Crippen LogP contribution in [0.4, 0.5) is 0 Å². The molecule has 6 nitrogen and oxygen atoms in total. The van der Waals surface area contributed by atoms with Gasteiger partial charge in [0.15, 0.2) is 0 Å². The van der Waals surface area contributed by atoms with Crippen molar-refractivity contribution < 1.29 is 14.3 Å². The lowest BCUT2D eigenvalue weighted by Gasteiger charge is -1.92. The average Bonchev–Trinajstić information content (AvgIpc) is 1.82. The molecule has 0 N–H and O–H groups in total. The third-order valence-electron chi connectivity index (χ3n) is 0.521. The molecule has 0 aromatic rings. The normalized spacial score (nSPS) is 7.70. The first-order valence-electron chi connectivity index (χ1n) is 2.39. The fourth-order valence-electron chi connectivity index (χ4n) is 0.282. The molecule has 0 spiro atoms. The average molecular weight is 143 g/mol. The minimum Gasteiger partial charge on any atom is -0.393 e. The molecule has 0 radical (unpaired) electrons. The van der Waals surface area contributed by atoms with Gasteiger partial charge in [-0.1, -0.05) is 5.11 Å². The maximum Gasteiger partial charge on any atom is 0.319 e. The zero-order valence-electron chi connectivity index (χ0n) is 5.27. The molecular formula is C4H5N3O3. The van der Waals surface area contributed by atoms with Crippen LogP contribution >= 0.6 is 0 Å². The molecule has 0 unspecified atom stereocenters. The van der Waals surface area contributed by atoms with Crippen LogP contribution in [0.2, 0.25) is 0 Å². The summed E-state index contributed by atoms with van der Waals surface area (Å²) in [5.74, 6) is -1.55. The molecule has 0 saturated carbocycles. The van der Waals surface area contributed by atoms with Crippen LogP contribution in [0.15, 0.2) is 5.11 Å². The largest absolute Gasteiger partial charge is 0.393 e. The zero-order valence-corrected chi connectivity index (χ0v) is 5.27. The number of rotatable bonds is 2. The van der Waals surface area contributed by atoms with Gasteiger partial charge in [0.05, 0.1) is 0 Å². The summed E-state index contributed by atoms with van der Waals surface area (Å²) in [6.45, 7) is 0.643. The third-order valence-corrected chi connectivity index (χ3v) is 0.521. The van der Waals surface area contributed by atoms with Crippen molar-refractivity contribution in [2.45, 2.75) is 6.92 Å². The summed E-state index contributed by atoms with van der Waals surface area (Å²) < 4.78 is 4.01. The first kappa shape index (κ1) is 8.45. The van der Waals surface area contributed by atoms with E-state index in [0.29, 0.717) is 0 Å². The van der Waals surface area contributed by atoms with Gasteiger partial charge in [0.25, 0.3) is 0 Å². The minimum absolute atomic E-state index is 0.448. The molecule has 0 fully saturated rings. The van der Waals surface area contributed by atoms with Gasteiger partial charge in [-0.25, -0.2) is 0 Å². The number of hydrogen-bond acceptors (Lipinski definition) is 4. The van der Waals surface area contributed by atoms with Crippen molar-refractivity contribution in [3.63, 3.8) is 0 Å². The van der Waals surface area contributed by atoms with E-state index in [1.807, 2.05) is 0 Å². The van der Waals surface area contributed by atoms with Crippen molar-refractivity contribution >= 4 is 11.9 Å². The van der Waals surface area contributed by atoms with E-state index in [9.17, 15) is 9.59 Å². The Morgan fingerprint density at radius 2 is 2.30 bits per heavy atom. The number of azide groups is 1. The molecule has 54 valence electrons. The standard InChI is InChI=1S/C4H5N3O3/c1-3(8)10-4(9)2-6-7-5/h2H2,1H3. The van der Waals surface area contributed by atoms with Crippen LogP contribution in [-0.2, 0) is 14.3 Å². The highest BCUT2D eigenvalue weighted by atomic mass is 16.6. The number of ether oxygens (including phenoxy) is 1. The Morgan fingerprint density at radius 3 is 2.70 bits per heavy atom. The summed E-state index contributed by atoms with van der Waals surface area (Å²) in [7, 11) is 0. The summed E-state index contributed by atoms with van der Waals surface area (Å²) >= 11 is 0. The van der Waals surface area contributed by atoms with Crippen LogP contribution in [-0.4, -0.2) is 18.5 Å². The van der Waals surface area contributed by atoms with Crippen molar-refractivity contribution in [3.05, 3.63) is 10.4 Å². The first-order valence-corrected chi connectivity index (χ1v) is 2.39. The molecule has 0 rings (SSSR count). The predicted molar refractivity (Wildman–Crippen MR) is 30.8 cm³/mol. The van der Waals surface area contributed by atoms with Crippen LogP contribution in [0.25, 0.3) is 10.4 Å². The van der Waals surface area contributed by atoms with Crippen LogP contribution in [0.3, 0.4) is 0 Å². The fraction of sp³-hybridized carbons (Fsp3) is 0.500. The molecule has 10 heavy (non-hydrogen) atoms. The Hall–Kier alpha value is -1.55. The summed E-state index contributed by atoms with van der Waals surface area (Å²) in [6.07, 6.45) is 0. The zero-order chi connectivity index (χ0) is 7.98. The van der Waals surface area contributed by atoms with Crippen molar-refractivity contribution in [2.75, 3.05) is 6.54 Å². The van der Waals surface area contributed by atoms with Gasteiger partial charge in [0.1, 0.15) is 6.54 Å². The van der Waals surface area contributed by atoms with E-state index < -0.39 is 18.5 Å². The molecule has 6 heteroatoms.